The lowest BCUT2D eigenvalue weighted by Gasteiger charge is -2.08. The third-order valence-electron chi connectivity index (χ3n) is 4.67. The molecule has 30 heavy (non-hydrogen) atoms. The number of amides is 1. The first-order chi connectivity index (χ1) is 14.7. The van der Waals surface area contributed by atoms with Crippen LogP contribution in [0, 0.1) is 0 Å². The second-order valence-electron chi connectivity index (χ2n) is 6.64. The van der Waals surface area contributed by atoms with E-state index in [9.17, 15) is 9.59 Å². The Morgan fingerprint density at radius 3 is 2.83 bits per heavy atom. The third-order valence-corrected chi connectivity index (χ3v) is 5.47. The molecule has 0 aliphatic carbocycles. The van der Waals surface area contributed by atoms with Crippen LogP contribution in [-0.4, -0.2) is 34.0 Å². The number of carbonyl (C=O) groups excluding carboxylic acids is 1. The summed E-state index contributed by atoms with van der Waals surface area (Å²) in [5.41, 5.74) is 0.980. The van der Waals surface area contributed by atoms with Crippen LogP contribution in [-0.2, 0) is 17.8 Å². The van der Waals surface area contributed by atoms with Crippen LogP contribution in [0.25, 0.3) is 10.8 Å². The minimum Gasteiger partial charge on any atom is -0.383 e. The molecule has 0 bridgehead atoms. The normalized spacial score (nSPS) is 11.8. The standard InChI is InChI=1S/C22H20N4O3S/c1-29-13-11-26-20(27)10-9-19(24-26)21(28)23-22-25(12-14-30-22)15-17-7-4-6-16-5-2-3-8-18(16)17/h2-10,12,14H,11,13,15H2,1H3. The molecule has 0 fully saturated rings. The number of rotatable bonds is 6. The van der Waals surface area contributed by atoms with Crippen LogP contribution in [0.3, 0.4) is 0 Å². The van der Waals surface area contributed by atoms with E-state index in [-0.39, 0.29) is 17.8 Å². The number of methoxy groups -OCH3 is 1. The van der Waals surface area contributed by atoms with E-state index in [2.05, 4.69) is 34.4 Å². The molecule has 2 aromatic carbocycles. The molecule has 0 saturated carbocycles. The Labute approximate surface area is 176 Å². The van der Waals surface area contributed by atoms with E-state index in [1.807, 2.05) is 34.3 Å². The van der Waals surface area contributed by atoms with Crippen LogP contribution in [0.2, 0.25) is 0 Å². The third kappa shape index (κ3) is 4.29. The minimum atomic E-state index is -0.490. The molecule has 1 amide bonds. The number of carbonyl (C=O) groups is 1. The summed E-state index contributed by atoms with van der Waals surface area (Å²) in [6.07, 6.45) is 1.91. The van der Waals surface area contributed by atoms with Crippen LogP contribution in [0.1, 0.15) is 16.1 Å². The van der Waals surface area contributed by atoms with Gasteiger partial charge in [-0.1, -0.05) is 42.5 Å². The first-order valence-corrected chi connectivity index (χ1v) is 10.3. The van der Waals surface area contributed by atoms with Crippen LogP contribution in [0.5, 0.6) is 0 Å². The number of hydrogen-bond donors (Lipinski definition) is 0. The van der Waals surface area contributed by atoms with Crippen molar-refractivity contribution in [3.05, 3.63) is 92.6 Å². The highest BCUT2D eigenvalue weighted by molar-refractivity contribution is 7.07. The Balaban J connectivity index is 1.64. The van der Waals surface area contributed by atoms with Crippen molar-refractivity contribution < 1.29 is 9.53 Å². The summed E-state index contributed by atoms with van der Waals surface area (Å²) in [5.74, 6) is -0.490. The Morgan fingerprint density at radius 1 is 1.13 bits per heavy atom. The van der Waals surface area contributed by atoms with Gasteiger partial charge in [-0.15, -0.1) is 11.3 Å². The fraction of sp³-hybridized carbons (Fsp3) is 0.182. The number of aromatic nitrogens is 3. The summed E-state index contributed by atoms with van der Waals surface area (Å²) in [7, 11) is 1.54. The van der Waals surface area contributed by atoms with Gasteiger partial charge in [-0.05, 0) is 22.4 Å². The zero-order valence-electron chi connectivity index (χ0n) is 16.4. The lowest BCUT2D eigenvalue weighted by molar-refractivity contribution is 0.0989. The summed E-state index contributed by atoms with van der Waals surface area (Å²) >= 11 is 1.38. The molecule has 4 rings (SSSR count). The molecule has 7 nitrogen and oxygen atoms in total. The molecule has 0 N–H and O–H groups in total. The number of hydrogen-bond acceptors (Lipinski definition) is 5. The maximum Gasteiger partial charge on any atom is 0.300 e. The maximum absolute atomic E-state index is 12.7. The molecular weight excluding hydrogens is 400 g/mol. The Hall–Kier alpha value is -3.36. The van der Waals surface area contributed by atoms with Gasteiger partial charge >= 0.3 is 0 Å². The molecule has 0 aliphatic rings. The first kappa shape index (κ1) is 19.9. The van der Waals surface area contributed by atoms with Crippen LogP contribution in [0.15, 0.2) is 76.0 Å². The Bertz CT molecular complexity index is 1310. The maximum atomic E-state index is 12.7. The lowest BCUT2D eigenvalue weighted by atomic mass is 10.0. The van der Waals surface area contributed by atoms with Gasteiger partial charge in [-0.25, -0.2) is 4.68 Å². The quantitative estimate of drug-likeness (QED) is 0.480. The smallest absolute Gasteiger partial charge is 0.300 e. The number of benzene rings is 2. The van der Waals surface area contributed by atoms with Gasteiger partial charge < -0.3 is 9.30 Å². The van der Waals surface area contributed by atoms with Gasteiger partial charge in [0.15, 0.2) is 10.5 Å². The van der Waals surface area contributed by atoms with E-state index in [0.717, 1.165) is 5.56 Å². The second-order valence-corrected chi connectivity index (χ2v) is 7.51. The van der Waals surface area contributed by atoms with Gasteiger partial charge in [0.1, 0.15) is 0 Å². The second kappa shape index (κ2) is 8.98. The largest absolute Gasteiger partial charge is 0.383 e. The monoisotopic (exact) mass is 420 g/mol. The van der Waals surface area contributed by atoms with Gasteiger partial charge in [0.05, 0.1) is 19.7 Å². The lowest BCUT2D eigenvalue weighted by Crippen LogP contribution is -2.26. The van der Waals surface area contributed by atoms with Gasteiger partial charge in [0.25, 0.3) is 11.5 Å². The van der Waals surface area contributed by atoms with Gasteiger partial charge in [0.2, 0.25) is 0 Å². The van der Waals surface area contributed by atoms with Crippen molar-refractivity contribution >= 4 is 28.0 Å². The Kier molecular flexibility index (Phi) is 5.97. The first-order valence-electron chi connectivity index (χ1n) is 9.42. The number of fused-ring (bicyclic) bond motifs is 1. The van der Waals surface area contributed by atoms with E-state index >= 15 is 0 Å². The van der Waals surface area contributed by atoms with E-state index in [0.29, 0.717) is 18.0 Å². The summed E-state index contributed by atoms with van der Waals surface area (Å²) < 4.78 is 8.13. The number of ether oxygens (including phenoxy) is 1. The summed E-state index contributed by atoms with van der Waals surface area (Å²) in [5, 5.41) is 8.35. The zero-order chi connectivity index (χ0) is 20.9. The molecule has 0 aliphatic heterocycles. The molecule has 0 atom stereocenters. The van der Waals surface area contributed by atoms with E-state index in [1.165, 1.54) is 38.9 Å². The Morgan fingerprint density at radius 2 is 1.97 bits per heavy atom. The van der Waals surface area contributed by atoms with Crippen molar-refractivity contribution in [1.29, 1.82) is 0 Å². The zero-order valence-corrected chi connectivity index (χ0v) is 17.2. The van der Waals surface area contributed by atoms with Crippen molar-refractivity contribution in [3.8, 4) is 0 Å². The highest BCUT2D eigenvalue weighted by Gasteiger charge is 2.10. The number of thiazole rings is 1. The predicted octanol–water partition coefficient (Wildman–Crippen LogP) is 2.70. The molecule has 8 heteroatoms. The van der Waals surface area contributed by atoms with Crippen LogP contribution >= 0.6 is 11.3 Å². The molecule has 0 spiro atoms. The van der Waals surface area contributed by atoms with Gasteiger partial charge in [-0.2, -0.15) is 10.1 Å². The summed E-state index contributed by atoms with van der Waals surface area (Å²) in [4.78, 5) is 29.4. The van der Waals surface area contributed by atoms with Gasteiger partial charge in [-0.3, -0.25) is 9.59 Å². The van der Waals surface area contributed by atoms with Crippen molar-refractivity contribution in [3.63, 3.8) is 0 Å². The fourth-order valence-electron chi connectivity index (χ4n) is 3.17. The average Bonchev–Trinajstić information content (AvgIpc) is 3.20. The highest BCUT2D eigenvalue weighted by atomic mass is 32.1. The van der Waals surface area contributed by atoms with E-state index in [1.54, 1.807) is 7.11 Å². The van der Waals surface area contributed by atoms with E-state index in [4.69, 9.17) is 4.74 Å². The van der Waals surface area contributed by atoms with Gasteiger partial charge in [0, 0.05) is 24.8 Å². The highest BCUT2D eigenvalue weighted by Crippen LogP contribution is 2.19. The van der Waals surface area contributed by atoms with Crippen LogP contribution < -0.4 is 10.4 Å². The fourth-order valence-corrected chi connectivity index (χ4v) is 3.89. The molecule has 2 heterocycles. The van der Waals surface area contributed by atoms with Crippen molar-refractivity contribution in [2.45, 2.75) is 13.1 Å². The molecule has 0 radical (unpaired) electrons. The molecule has 4 aromatic rings. The van der Waals surface area contributed by atoms with Crippen molar-refractivity contribution in [1.82, 2.24) is 14.3 Å². The SMILES string of the molecule is COCCn1nc(C(=O)N=c2sccn2Cc2cccc3ccccc23)ccc1=O. The topological polar surface area (TPSA) is 78.5 Å². The summed E-state index contributed by atoms with van der Waals surface area (Å²) in [6.45, 7) is 1.20. The predicted molar refractivity (Wildman–Crippen MR) is 116 cm³/mol. The van der Waals surface area contributed by atoms with Crippen molar-refractivity contribution in [2.24, 2.45) is 4.99 Å². The molecule has 152 valence electrons. The van der Waals surface area contributed by atoms with Crippen LogP contribution in [0.4, 0.5) is 0 Å². The molecule has 0 unspecified atom stereocenters. The average molecular weight is 420 g/mol. The number of nitrogens with zero attached hydrogens (tertiary/aromatic N) is 4. The van der Waals surface area contributed by atoms with E-state index < -0.39 is 5.91 Å². The minimum absolute atomic E-state index is 0.121. The van der Waals surface area contributed by atoms with Crippen molar-refractivity contribution in [2.75, 3.05) is 13.7 Å². The summed E-state index contributed by atoms with van der Waals surface area (Å²) in [6, 6.07) is 17.1. The molecular formula is C22H20N4O3S. The molecule has 2 aromatic heterocycles. The molecule has 0 saturated heterocycles.